The van der Waals surface area contributed by atoms with Crippen LogP contribution in [-0.4, -0.2) is 44.3 Å². The Morgan fingerprint density at radius 1 is 1.11 bits per heavy atom. The Balaban J connectivity index is 2.10. The van der Waals surface area contributed by atoms with Crippen LogP contribution in [0.5, 0.6) is 0 Å². The van der Waals surface area contributed by atoms with Gasteiger partial charge < -0.3 is 10.3 Å². The van der Waals surface area contributed by atoms with E-state index in [1.54, 1.807) is 24.4 Å². The molecule has 6 nitrogen and oxygen atoms in total. The molecule has 0 saturated heterocycles. The quantitative estimate of drug-likeness (QED) is 0.100. The molecule has 2 N–H and O–H groups in total. The van der Waals surface area contributed by atoms with Crippen LogP contribution in [0, 0.1) is 12.3 Å². The molecule has 4 aromatic rings. The van der Waals surface area contributed by atoms with Crippen molar-refractivity contribution in [1.82, 2.24) is 19.7 Å². The molecule has 184 valence electrons. The Labute approximate surface area is 225 Å². The molecule has 0 aliphatic rings. The number of halogens is 2. The van der Waals surface area contributed by atoms with Gasteiger partial charge in [-0.05, 0) is 35.2 Å². The zero-order valence-electron chi connectivity index (χ0n) is 20.2. The highest BCUT2D eigenvalue weighted by Gasteiger charge is 2.29. The van der Waals surface area contributed by atoms with Crippen LogP contribution in [0.1, 0.15) is 11.1 Å². The standard InChI is InChI=1S/C26H24Cl2N4O2SSi/c1-6-16-17(8-7-9-21(16)36(3,4)5)24-23(20-10-11-29-26(30-20)35-2)31-25(32(24)34)22-18(27)12-15(14-33)13-19(22)28/h1,7-13,33-34H,14H2,2-5H3. The maximum atomic E-state index is 11.6. The number of rotatable bonds is 6. The molecule has 0 amide bonds. The molecule has 36 heavy (non-hydrogen) atoms. The van der Waals surface area contributed by atoms with Crippen molar-refractivity contribution in [3.05, 3.63) is 63.8 Å². The summed E-state index contributed by atoms with van der Waals surface area (Å²) < 4.78 is 0.964. The highest BCUT2D eigenvalue weighted by Crippen LogP contribution is 2.41. The monoisotopic (exact) mass is 554 g/mol. The summed E-state index contributed by atoms with van der Waals surface area (Å²) in [6.45, 7) is 6.42. The summed E-state index contributed by atoms with van der Waals surface area (Å²) in [5.41, 5.74) is 3.52. The van der Waals surface area contributed by atoms with Crippen molar-refractivity contribution in [3.8, 4) is 46.4 Å². The topological polar surface area (TPSA) is 84.1 Å². The molecule has 2 aromatic carbocycles. The first kappa shape index (κ1) is 26.3. The first-order valence-corrected chi connectivity index (χ1v) is 16.5. The van der Waals surface area contributed by atoms with Gasteiger partial charge in [0, 0.05) is 17.3 Å². The van der Waals surface area contributed by atoms with Crippen LogP contribution in [0.2, 0.25) is 29.7 Å². The largest absolute Gasteiger partial charge is 0.426 e. The molecule has 2 heterocycles. The molecular formula is C26H24Cl2N4O2SSi. The van der Waals surface area contributed by atoms with Gasteiger partial charge in [0.1, 0.15) is 11.4 Å². The number of aromatic nitrogens is 4. The molecule has 2 aromatic heterocycles. The second kappa shape index (κ2) is 10.3. The molecule has 0 bridgehead atoms. The van der Waals surface area contributed by atoms with Gasteiger partial charge in [-0.25, -0.2) is 15.0 Å². The zero-order chi connectivity index (χ0) is 26.2. The molecule has 0 aliphatic heterocycles. The van der Waals surface area contributed by atoms with Crippen LogP contribution in [0.4, 0.5) is 0 Å². The van der Waals surface area contributed by atoms with Gasteiger partial charge in [-0.2, -0.15) is 4.73 Å². The summed E-state index contributed by atoms with van der Waals surface area (Å²) in [7, 11) is -1.83. The number of nitrogens with zero attached hydrogens (tertiary/aromatic N) is 4. The van der Waals surface area contributed by atoms with Gasteiger partial charge in [0.05, 0.1) is 36.0 Å². The second-order valence-corrected chi connectivity index (χ2v) is 15.7. The number of terminal acetylenes is 1. The summed E-state index contributed by atoms with van der Waals surface area (Å²) in [6, 6.07) is 10.7. The average molecular weight is 556 g/mol. The molecular weight excluding hydrogens is 531 g/mol. The fourth-order valence-electron chi connectivity index (χ4n) is 4.03. The minimum Gasteiger partial charge on any atom is -0.426 e. The number of benzene rings is 2. The van der Waals surface area contributed by atoms with E-state index < -0.39 is 8.07 Å². The van der Waals surface area contributed by atoms with E-state index in [0.717, 1.165) is 9.92 Å². The van der Waals surface area contributed by atoms with Gasteiger partial charge in [-0.1, -0.05) is 78.7 Å². The highest BCUT2D eigenvalue weighted by atomic mass is 35.5. The summed E-state index contributed by atoms with van der Waals surface area (Å²) in [5.74, 6) is 2.98. The van der Waals surface area contributed by atoms with E-state index in [1.807, 2.05) is 24.5 Å². The lowest BCUT2D eigenvalue weighted by atomic mass is 10.0. The predicted molar refractivity (Wildman–Crippen MR) is 150 cm³/mol. The molecule has 10 heteroatoms. The van der Waals surface area contributed by atoms with Gasteiger partial charge in [-0.15, -0.1) is 6.42 Å². The van der Waals surface area contributed by atoms with Crippen molar-refractivity contribution in [3.63, 3.8) is 0 Å². The smallest absolute Gasteiger partial charge is 0.187 e. The van der Waals surface area contributed by atoms with E-state index in [4.69, 9.17) is 34.6 Å². The molecule has 0 saturated carbocycles. The number of aliphatic hydroxyl groups is 1. The van der Waals surface area contributed by atoms with Gasteiger partial charge in [-0.3, -0.25) is 0 Å². The van der Waals surface area contributed by atoms with E-state index in [9.17, 15) is 10.3 Å². The number of aliphatic hydroxyl groups excluding tert-OH is 1. The Hall–Kier alpha value is -2.80. The molecule has 0 unspecified atom stereocenters. The fourth-order valence-corrected chi connectivity index (χ4v) is 6.64. The Kier molecular flexibility index (Phi) is 7.50. The van der Waals surface area contributed by atoms with E-state index in [1.165, 1.54) is 11.8 Å². The van der Waals surface area contributed by atoms with Crippen LogP contribution in [0.3, 0.4) is 0 Å². The lowest BCUT2D eigenvalue weighted by molar-refractivity contribution is 0.195. The van der Waals surface area contributed by atoms with Crippen molar-refractivity contribution in [2.75, 3.05) is 6.26 Å². The second-order valence-electron chi connectivity index (χ2n) is 9.09. The normalized spacial score (nSPS) is 11.5. The molecule has 0 atom stereocenters. The minimum absolute atomic E-state index is 0.130. The Morgan fingerprint density at radius 2 is 1.81 bits per heavy atom. The van der Waals surface area contributed by atoms with Gasteiger partial charge in [0.2, 0.25) is 0 Å². The Morgan fingerprint density at radius 3 is 2.39 bits per heavy atom. The maximum Gasteiger partial charge on any atom is 0.187 e. The summed E-state index contributed by atoms with van der Waals surface area (Å²) in [5, 5.41) is 23.2. The number of hydrogen-bond acceptors (Lipinski definition) is 6. The first-order valence-electron chi connectivity index (χ1n) is 11.0. The van der Waals surface area contributed by atoms with E-state index in [-0.39, 0.29) is 22.5 Å². The van der Waals surface area contributed by atoms with Gasteiger partial charge in [0.15, 0.2) is 11.0 Å². The van der Waals surface area contributed by atoms with Crippen LogP contribution >= 0.6 is 35.0 Å². The maximum absolute atomic E-state index is 11.6. The summed E-state index contributed by atoms with van der Waals surface area (Å²) in [4.78, 5) is 13.7. The van der Waals surface area contributed by atoms with Crippen LogP contribution in [0.25, 0.3) is 34.0 Å². The lowest BCUT2D eigenvalue weighted by Crippen LogP contribution is -2.39. The van der Waals surface area contributed by atoms with Crippen molar-refractivity contribution in [1.29, 1.82) is 0 Å². The molecule has 0 aliphatic carbocycles. The number of hydrogen-bond donors (Lipinski definition) is 2. The average Bonchev–Trinajstić information content (AvgIpc) is 3.18. The van der Waals surface area contributed by atoms with E-state index in [2.05, 4.69) is 35.5 Å². The third-order valence-electron chi connectivity index (χ3n) is 5.69. The lowest BCUT2D eigenvalue weighted by Gasteiger charge is -2.21. The molecule has 4 rings (SSSR count). The van der Waals surface area contributed by atoms with Crippen molar-refractivity contribution in [2.45, 2.75) is 31.4 Å². The Bertz CT molecular complexity index is 1490. The van der Waals surface area contributed by atoms with Gasteiger partial charge >= 0.3 is 0 Å². The van der Waals surface area contributed by atoms with Crippen molar-refractivity contribution in [2.24, 2.45) is 0 Å². The summed E-state index contributed by atoms with van der Waals surface area (Å²) >= 11 is 14.5. The van der Waals surface area contributed by atoms with Crippen LogP contribution in [0.15, 0.2) is 47.8 Å². The van der Waals surface area contributed by atoms with Crippen LogP contribution < -0.4 is 5.19 Å². The molecule has 0 spiro atoms. The predicted octanol–water partition coefficient (Wildman–Crippen LogP) is 5.96. The van der Waals surface area contributed by atoms with Crippen LogP contribution in [-0.2, 0) is 6.61 Å². The fraction of sp³-hybridized carbons (Fsp3) is 0.192. The van der Waals surface area contributed by atoms with Crippen molar-refractivity contribution >= 4 is 48.2 Å². The number of thioether (sulfide) groups is 1. The van der Waals surface area contributed by atoms with E-state index >= 15 is 0 Å². The van der Waals surface area contributed by atoms with Gasteiger partial charge in [0.25, 0.3) is 0 Å². The first-order chi connectivity index (χ1) is 17.1. The molecule has 0 fully saturated rings. The zero-order valence-corrected chi connectivity index (χ0v) is 23.5. The highest BCUT2D eigenvalue weighted by molar-refractivity contribution is 7.98. The third kappa shape index (κ3) is 4.77. The summed E-state index contributed by atoms with van der Waals surface area (Å²) in [6.07, 6.45) is 9.56. The minimum atomic E-state index is -1.83. The number of imidazole rings is 1. The van der Waals surface area contributed by atoms with Crippen molar-refractivity contribution < 1.29 is 10.3 Å². The van der Waals surface area contributed by atoms with E-state index in [0.29, 0.717) is 44.5 Å². The third-order valence-corrected chi connectivity index (χ3v) is 8.88. The molecule has 0 radical (unpaired) electrons. The SMILES string of the molecule is C#Cc1c(-c2c(-c3ccnc(SC)n3)nc(-c3c(Cl)cc(CO)cc3Cl)n2O)cccc1[Si](C)(C)C.